The second-order valence-corrected chi connectivity index (χ2v) is 6.06. The van der Waals surface area contributed by atoms with Crippen molar-refractivity contribution < 1.29 is 24.1 Å². The number of hydrogen-bond donors (Lipinski definition) is 2. The van der Waals surface area contributed by atoms with Crippen LogP contribution in [0.5, 0.6) is 11.5 Å². The van der Waals surface area contributed by atoms with Gasteiger partial charge in [-0.05, 0) is 30.8 Å². The molecule has 138 valence electrons. The lowest BCUT2D eigenvalue weighted by Gasteiger charge is -2.35. The lowest BCUT2D eigenvalue weighted by Crippen LogP contribution is -2.44. The minimum absolute atomic E-state index is 0.244. The molecule has 0 fully saturated rings. The molecule has 0 amide bonds. The Kier molecular flexibility index (Phi) is 6.83. The van der Waals surface area contributed by atoms with Crippen molar-refractivity contribution in [2.75, 3.05) is 34.4 Å². The zero-order valence-corrected chi connectivity index (χ0v) is 15.5. The Morgan fingerprint density at radius 3 is 2.64 bits per heavy atom. The topological polar surface area (TPSA) is 80.3 Å². The van der Waals surface area contributed by atoms with Crippen LogP contribution in [-0.4, -0.2) is 55.5 Å². The first-order valence-electron chi connectivity index (χ1n) is 8.03. The molecule has 2 N–H and O–H groups in total. The number of nitrogens with one attached hydrogen (secondary N) is 1. The van der Waals surface area contributed by atoms with Crippen LogP contribution in [0.3, 0.4) is 0 Å². The SMILES string of the molecule is COC(=O)CCCNC(=S)N1Cc2c(OC)ccc(OC)c2[C@@H](O)C1. The maximum atomic E-state index is 11.1. The molecule has 1 aliphatic rings. The summed E-state index contributed by atoms with van der Waals surface area (Å²) in [6.07, 6.45) is 0.225. The van der Waals surface area contributed by atoms with Crippen molar-refractivity contribution in [3.63, 3.8) is 0 Å². The molecule has 0 unspecified atom stereocenters. The molecule has 1 heterocycles. The van der Waals surface area contributed by atoms with Crippen LogP contribution in [0.15, 0.2) is 12.1 Å². The van der Waals surface area contributed by atoms with E-state index in [2.05, 4.69) is 10.1 Å². The summed E-state index contributed by atoms with van der Waals surface area (Å²) in [7, 11) is 4.54. The summed E-state index contributed by atoms with van der Waals surface area (Å²) in [5.41, 5.74) is 1.60. The van der Waals surface area contributed by atoms with E-state index in [1.54, 1.807) is 20.3 Å². The number of esters is 1. The van der Waals surface area contributed by atoms with Gasteiger partial charge >= 0.3 is 5.97 Å². The van der Waals surface area contributed by atoms with E-state index >= 15 is 0 Å². The number of carbonyl (C=O) groups excluding carboxylic acids is 1. The molecule has 1 aromatic rings. The van der Waals surface area contributed by atoms with Crippen molar-refractivity contribution >= 4 is 23.3 Å². The van der Waals surface area contributed by atoms with Gasteiger partial charge in [0.15, 0.2) is 5.11 Å². The fraction of sp³-hybridized carbons (Fsp3) is 0.529. The average Bonchev–Trinajstić information content (AvgIpc) is 2.63. The summed E-state index contributed by atoms with van der Waals surface area (Å²) in [5.74, 6) is 1.08. The van der Waals surface area contributed by atoms with E-state index in [-0.39, 0.29) is 5.97 Å². The monoisotopic (exact) mass is 368 g/mol. The summed E-state index contributed by atoms with van der Waals surface area (Å²) in [4.78, 5) is 13.0. The maximum absolute atomic E-state index is 11.1. The lowest BCUT2D eigenvalue weighted by atomic mass is 9.95. The molecule has 0 aromatic heterocycles. The van der Waals surface area contributed by atoms with Crippen molar-refractivity contribution in [2.45, 2.75) is 25.5 Å². The number of methoxy groups -OCH3 is 3. The average molecular weight is 368 g/mol. The largest absolute Gasteiger partial charge is 0.496 e. The fourth-order valence-electron chi connectivity index (χ4n) is 2.87. The molecule has 1 atom stereocenters. The van der Waals surface area contributed by atoms with Gasteiger partial charge in [-0.1, -0.05) is 0 Å². The standard InChI is InChI=1S/C17H24N2O5S/c1-22-13-6-7-14(23-2)16-11(13)9-19(10-12(16)20)17(25)18-8-4-5-15(21)24-3/h6-7,12,20H,4-5,8-10H2,1-3H3,(H,18,25)/t12-/m0/s1. The quantitative estimate of drug-likeness (QED) is 0.443. The van der Waals surface area contributed by atoms with Gasteiger partial charge in [0.05, 0.1) is 27.9 Å². The van der Waals surface area contributed by atoms with Gasteiger partial charge in [-0.15, -0.1) is 0 Å². The van der Waals surface area contributed by atoms with Crippen molar-refractivity contribution in [3.05, 3.63) is 23.3 Å². The van der Waals surface area contributed by atoms with Crippen molar-refractivity contribution in [1.82, 2.24) is 10.2 Å². The van der Waals surface area contributed by atoms with Crippen molar-refractivity contribution in [2.24, 2.45) is 0 Å². The van der Waals surface area contributed by atoms with Crippen LogP contribution in [0.4, 0.5) is 0 Å². The zero-order chi connectivity index (χ0) is 18.4. The molecule has 0 radical (unpaired) electrons. The molecule has 1 aromatic carbocycles. The van der Waals surface area contributed by atoms with Crippen LogP contribution in [0, 0.1) is 0 Å². The van der Waals surface area contributed by atoms with Gasteiger partial charge in [0.2, 0.25) is 0 Å². The number of hydrogen-bond acceptors (Lipinski definition) is 6. The normalized spacial score (nSPS) is 16.0. The second-order valence-electron chi connectivity index (χ2n) is 5.67. The first-order valence-corrected chi connectivity index (χ1v) is 8.44. The van der Waals surface area contributed by atoms with E-state index in [0.717, 1.165) is 11.1 Å². The van der Waals surface area contributed by atoms with Gasteiger partial charge in [-0.2, -0.15) is 0 Å². The summed E-state index contributed by atoms with van der Waals surface area (Å²) in [6, 6.07) is 3.61. The number of thiocarbonyl (C=S) groups is 1. The van der Waals surface area contributed by atoms with Gasteiger partial charge in [-0.25, -0.2) is 0 Å². The first kappa shape index (κ1) is 19.3. The van der Waals surface area contributed by atoms with E-state index in [1.165, 1.54) is 7.11 Å². The molecule has 1 aliphatic heterocycles. The van der Waals surface area contributed by atoms with Gasteiger partial charge < -0.3 is 29.5 Å². The number of nitrogens with zero attached hydrogens (tertiary/aromatic N) is 1. The highest BCUT2D eigenvalue weighted by Gasteiger charge is 2.30. The number of rotatable bonds is 6. The second kappa shape index (κ2) is 8.87. The van der Waals surface area contributed by atoms with Crippen LogP contribution < -0.4 is 14.8 Å². The van der Waals surface area contributed by atoms with Crippen molar-refractivity contribution in [1.29, 1.82) is 0 Å². The van der Waals surface area contributed by atoms with Crippen molar-refractivity contribution in [3.8, 4) is 11.5 Å². The Hall–Kier alpha value is -2.06. The van der Waals surface area contributed by atoms with Gasteiger partial charge in [0.1, 0.15) is 17.6 Å². The van der Waals surface area contributed by atoms with Gasteiger partial charge in [-0.3, -0.25) is 4.79 Å². The van der Waals surface area contributed by atoms with Gasteiger partial charge in [0, 0.05) is 30.6 Å². The number of β-amino-alcohol motifs (C(OH)–C–C–N with tert-alkyl or cyclic N) is 1. The van der Waals surface area contributed by atoms with E-state index < -0.39 is 6.10 Å². The summed E-state index contributed by atoms with van der Waals surface area (Å²) in [6.45, 7) is 1.43. The van der Waals surface area contributed by atoms with Crippen LogP contribution in [0.2, 0.25) is 0 Å². The number of benzene rings is 1. The van der Waals surface area contributed by atoms with Gasteiger partial charge in [0.25, 0.3) is 0 Å². The molecule has 0 saturated carbocycles. The molecular formula is C17H24N2O5S. The molecule has 2 rings (SSSR count). The van der Waals surface area contributed by atoms with Crippen LogP contribution in [0.1, 0.15) is 30.1 Å². The number of ether oxygens (including phenoxy) is 3. The molecule has 0 aliphatic carbocycles. The third kappa shape index (κ3) is 4.52. The van der Waals surface area contributed by atoms with E-state index in [1.807, 2.05) is 11.0 Å². The zero-order valence-electron chi connectivity index (χ0n) is 14.7. The summed E-state index contributed by atoms with van der Waals surface area (Å²) >= 11 is 5.42. The molecule has 0 spiro atoms. The Morgan fingerprint density at radius 2 is 2.00 bits per heavy atom. The Morgan fingerprint density at radius 1 is 1.32 bits per heavy atom. The third-order valence-corrected chi connectivity index (χ3v) is 4.54. The van der Waals surface area contributed by atoms with E-state index in [0.29, 0.717) is 49.1 Å². The van der Waals surface area contributed by atoms with Crippen LogP contribution >= 0.6 is 12.2 Å². The maximum Gasteiger partial charge on any atom is 0.305 e. The molecule has 0 saturated heterocycles. The first-order chi connectivity index (χ1) is 12.0. The Bertz CT molecular complexity index is 638. The minimum Gasteiger partial charge on any atom is -0.496 e. The van der Waals surface area contributed by atoms with Crippen LogP contribution in [-0.2, 0) is 16.1 Å². The molecule has 0 bridgehead atoms. The summed E-state index contributed by atoms with van der Waals surface area (Å²) < 4.78 is 15.4. The third-order valence-electron chi connectivity index (χ3n) is 4.14. The molecule has 8 heteroatoms. The lowest BCUT2D eigenvalue weighted by molar-refractivity contribution is -0.140. The Labute approximate surface area is 152 Å². The molecule has 25 heavy (non-hydrogen) atoms. The number of aliphatic hydroxyl groups is 1. The summed E-state index contributed by atoms with van der Waals surface area (Å²) in [5, 5.41) is 14.2. The smallest absolute Gasteiger partial charge is 0.305 e. The highest BCUT2D eigenvalue weighted by atomic mass is 32.1. The van der Waals surface area contributed by atoms with E-state index in [9.17, 15) is 9.90 Å². The predicted octanol–water partition coefficient (Wildman–Crippen LogP) is 1.38. The molecule has 7 nitrogen and oxygen atoms in total. The van der Waals surface area contributed by atoms with E-state index in [4.69, 9.17) is 21.7 Å². The highest BCUT2D eigenvalue weighted by molar-refractivity contribution is 7.80. The molecular weight excluding hydrogens is 344 g/mol. The number of carbonyl (C=O) groups is 1. The fourth-order valence-corrected chi connectivity index (χ4v) is 3.11. The van der Waals surface area contributed by atoms with Crippen LogP contribution in [0.25, 0.3) is 0 Å². The highest BCUT2D eigenvalue weighted by Crippen LogP contribution is 2.39. The number of aliphatic hydroxyl groups excluding tert-OH is 1. The number of fused-ring (bicyclic) bond motifs is 1. The predicted molar refractivity (Wildman–Crippen MR) is 96.8 cm³/mol. The minimum atomic E-state index is -0.733. The Balaban J connectivity index is 2.05.